The zero-order chi connectivity index (χ0) is 15.5. The molecular weight excluding hydrogens is 296 g/mol. The van der Waals surface area contributed by atoms with Gasteiger partial charge in [0.1, 0.15) is 0 Å². The fraction of sp³-hybridized carbons (Fsp3) is 0.500. The standard InChI is InChI=1S/C18H23ClN2O/c1-2-21(13-15-6-3-4-8-17(15)19)18(22)16-9-11-20-10-5-7-14(16)12-20/h3-4,6,8-9,14H,2,5,7,10-13H2,1H3. The van der Waals surface area contributed by atoms with E-state index in [1.165, 1.54) is 13.0 Å². The van der Waals surface area contributed by atoms with E-state index in [-0.39, 0.29) is 5.91 Å². The molecule has 0 radical (unpaired) electrons. The number of fused-ring (bicyclic) bond motifs is 2. The summed E-state index contributed by atoms with van der Waals surface area (Å²) in [6.07, 6.45) is 4.48. The maximum atomic E-state index is 12.9. The highest BCUT2D eigenvalue weighted by Gasteiger charge is 2.31. The van der Waals surface area contributed by atoms with Gasteiger partial charge in [-0.1, -0.05) is 35.9 Å². The van der Waals surface area contributed by atoms with Crippen molar-refractivity contribution in [3.63, 3.8) is 0 Å². The smallest absolute Gasteiger partial charge is 0.250 e. The molecule has 0 aliphatic carbocycles. The minimum Gasteiger partial charge on any atom is -0.335 e. The molecule has 0 N–H and O–H groups in total. The van der Waals surface area contributed by atoms with E-state index in [9.17, 15) is 4.79 Å². The number of piperidine rings is 1. The zero-order valence-electron chi connectivity index (χ0n) is 13.1. The summed E-state index contributed by atoms with van der Waals surface area (Å²) in [5, 5.41) is 0.732. The van der Waals surface area contributed by atoms with Crippen LogP contribution in [0.3, 0.4) is 0 Å². The highest BCUT2D eigenvalue weighted by molar-refractivity contribution is 6.31. The lowest BCUT2D eigenvalue weighted by Gasteiger charge is -2.38. The SMILES string of the molecule is CCN(Cc1ccccc1Cl)C(=O)C1=CCN2CCCC1C2. The number of hydrogen-bond donors (Lipinski definition) is 0. The minimum atomic E-state index is 0.189. The van der Waals surface area contributed by atoms with Crippen LogP contribution < -0.4 is 0 Å². The highest BCUT2D eigenvalue weighted by atomic mass is 35.5. The Bertz CT molecular complexity index is 584. The minimum absolute atomic E-state index is 0.189. The lowest BCUT2D eigenvalue weighted by molar-refractivity contribution is -0.128. The second-order valence-electron chi connectivity index (χ2n) is 6.17. The topological polar surface area (TPSA) is 23.6 Å². The summed E-state index contributed by atoms with van der Waals surface area (Å²) in [7, 11) is 0. The number of benzene rings is 1. The number of carbonyl (C=O) groups is 1. The number of halogens is 1. The first-order chi connectivity index (χ1) is 10.7. The van der Waals surface area contributed by atoms with E-state index in [0.717, 1.165) is 35.7 Å². The van der Waals surface area contributed by atoms with Crippen LogP contribution in [0.4, 0.5) is 0 Å². The first kappa shape index (κ1) is 15.6. The van der Waals surface area contributed by atoms with Crippen molar-refractivity contribution in [2.45, 2.75) is 26.3 Å². The molecule has 2 unspecified atom stereocenters. The van der Waals surface area contributed by atoms with Gasteiger partial charge < -0.3 is 4.90 Å². The Morgan fingerprint density at radius 3 is 3.00 bits per heavy atom. The monoisotopic (exact) mass is 318 g/mol. The molecule has 2 heterocycles. The molecule has 2 aliphatic heterocycles. The fourth-order valence-corrected chi connectivity index (χ4v) is 3.67. The van der Waals surface area contributed by atoms with E-state index in [4.69, 9.17) is 11.6 Å². The van der Waals surface area contributed by atoms with Crippen LogP contribution in [0.1, 0.15) is 25.3 Å². The van der Waals surface area contributed by atoms with Crippen molar-refractivity contribution in [1.29, 1.82) is 0 Å². The number of hydrogen-bond acceptors (Lipinski definition) is 2. The van der Waals surface area contributed by atoms with E-state index in [0.29, 0.717) is 19.0 Å². The number of nitrogens with zero attached hydrogens (tertiary/aromatic N) is 2. The summed E-state index contributed by atoms with van der Waals surface area (Å²) in [6, 6.07) is 7.77. The molecule has 1 aromatic carbocycles. The Hall–Kier alpha value is -1.32. The predicted molar refractivity (Wildman–Crippen MR) is 89.8 cm³/mol. The van der Waals surface area contributed by atoms with Crippen LogP contribution in [0.5, 0.6) is 0 Å². The van der Waals surface area contributed by atoms with Gasteiger partial charge in [-0.3, -0.25) is 9.69 Å². The molecule has 3 nitrogen and oxygen atoms in total. The third kappa shape index (κ3) is 3.21. The third-order valence-corrected chi connectivity index (χ3v) is 5.12. The summed E-state index contributed by atoms with van der Waals surface area (Å²) in [6.45, 7) is 6.46. The number of amides is 1. The van der Waals surface area contributed by atoms with Gasteiger partial charge in [-0.2, -0.15) is 0 Å². The van der Waals surface area contributed by atoms with Crippen LogP contribution in [0.15, 0.2) is 35.9 Å². The van der Waals surface area contributed by atoms with Crippen LogP contribution >= 0.6 is 11.6 Å². The first-order valence-corrected chi connectivity index (χ1v) is 8.52. The summed E-state index contributed by atoms with van der Waals surface area (Å²) >= 11 is 6.24. The van der Waals surface area contributed by atoms with Gasteiger partial charge >= 0.3 is 0 Å². The average Bonchev–Trinajstić information content (AvgIpc) is 2.54. The highest BCUT2D eigenvalue weighted by Crippen LogP contribution is 2.29. The van der Waals surface area contributed by atoms with Crippen LogP contribution in [0.2, 0.25) is 5.02 Å². The van der Waals surface area contributed by atoms with Crippen molar-refractivity contribution in [3.8, 4) is 0 Å². The molecule has 118 valence electrons. The van der Waals surface area contributed by atoms with Gasteiger partial charge in [0.2, 0.25) is 5.91 Å². The molecule has 2 bridgehead atoms. The van der Waals surface area contributed by atoms with E-state index in [1.54, 1.807) is 0 Å². The Kier molecular flexibility index (Phi) is 4.84. The van der Waals surface area contributed by atoms with Crippen LogP contribution in [0.25, 0.3) is 0 Å². The van der Waals surface area contributed by atoms with Crippen LogP contribution in [0, 0.1) is 5.92 Å². The van der Waals surface area contributed by atoms with E-state index in [2.05, 4.69) is 11.0 Å². The summed E-state index contributed by atoms with van der Waals surface area (Å²) in [4.78, 5) is 17.3. The van der Waals surface area contributed by atoms with Crippen molar-refractivity contribution < 1.29 is 4.79 Å². The summed E-state index contributed by atoms with van der Waals surface area (Å²) in [5.74, 6) is 0.601. The van der Waals surface area contributed by atoms with Crippen molar-refractivity contribution >= 4 is 17.5 Å². The second-order valence-corrected chi connectivity index (χ2v) is 6.58. The second kappa shape index (κ2) is 6.84. The maximum Gasteiger partial charge on any atom is 0.250 e. The molecule has 1 amide bonds. The number of likely N-dealkylation sites (N-methyl/N-ethyl adjacent to an activating group) is 1. The average molecular weight is 319 g/mol. The quantitative estimate of drug-likeness (QED) is 0.850. The normalized spacial score (nSPS) is 23.8. The van der Waals surface area contributed by atoms with Crippen LogP contribution in [-0.2, 0) is 11.3 Å². The molecular formula is C18H23ClN2O. The Balaban J connectivity index is 1.76. The van der Waals surface area contributed by atoms with E-state index in [1.807, 2.05) is 36.1 Å². The first-order valence-electron chi connectivity index (χ1n) is 8.14. The molecule has 2 atom stereocenters. The predicted octanol–water partition coefficient (Wildman–Crippen LogP) is 3.34. The molecule has 1 aromatic rings. The van der Waals surface area contributed by atoms with Crippen molar-refractivity contribution in [2.75, 3.05) is 26.2 Å². The molecule has 1 fully saturated rings. The molecule has 1 saturated heterocycles. The van der Waals surface area contributed by atoms with Gasteiger partial charge in [0.15, 0.2) is 0 Å². The summed E-state index contributed by atoms with van der Waals surface area (Å²) < 4.78 is 0. The van der Waals surface area contributed by atoms with Crippen molar-refractivity contribution in [2.24, 2.45) is 5.92 Å². The molecule has 3 rings (SSSR count). The van der Waals surface area contributed by atoms with Crippen molar-refractivity contribution in [1.82, 2.24) is 9.80 Å². The van der Waals surface area contributed by atoms with Crippen LogP contribution in [-0.4, -0.2) is 41.9 Å². The maximum absolute atomic E-state index is 12.9. The lowest BCUT2D eigenvalue weighted by atomic mass is 9.86. The van der Waals surface area contributed by atoms with Gasteiger partial charge in [0.05, 0.1) is 0 Å². The largest absolute Gasteiger partial charge is 0.335 e. The Morgan fingerprint density at radius 1 is 1.41 bits per heavy atom. The molecule has 0 saturated carbocycles. The van der Waals surface area contributed by atoms with Gasteiger partial charge in [-0.25, -0.2) is 0 Å². The summed E-state index contributed by atoms with van der Waals surface area (Å²) in [5.41, 5.74) is 2.03. The molecule has 22 heavy (non-hydrogen) atoms. The molecule has 0 aromatic heterocycles. The van der Waals surface area contributed by atoms with Crippen molar-refractivity contribution in [3.05, 3.63) is 46.5 Å². The number of rotatable bonds is 4. The van der Waals surface area contributed by atoms with E-state index >= 15 is 0 Å². The van der Waals surface area contributed by atoms with E-state index < -0.39 is 0 Å². The van der Waals surface area contributed by atoms with Gasteiger partial charge in [0.25, 0.3) is 0 Å². The van der Waals surface area contributed by atoms with Gasteiger partial charge in [-0.15, -0.1) is 0 Å². The Labute approximate surface area is 137 Å². The lowest BCUT2D eigenvalue weighted by Crippen LogP contribution is -2.44. The molecule has 4 heteroatoms. The zero-order valence-corrected chi connectivity index (χ0v) is 13.9. The molecule has 2 aliphatic rings. The Morgan fingerprint density at radius 2 is 2.23 bits per heavy atom. The number of carbonyl (C=O) groups excluding carboxylic acids is 1. The third-order valence-electron chi connectivity index (χ3n) is 4.75. The molecule has 0 spiro atoms. The van der Waals surface area contributed by atoms with Gasteiger partial charge in [-0.05, 0) is 37.9 Å². The fourth-order valence-electron chi connectivity index (χ4n) is 3.47. The van der Waals surface area contributed by atoms with Gasteiger partial charge in [0, 0.05) is 42.7 Å².